The summed E-state index contributed by atoms with van der Waals surface area (Å²) in [5.41, 5.74) is -1.36. The Balaban J connectivity index is 1.54. The predicted molar refractivity (Wildman–Crippen MR) is 151 cm³/mol. The summed E-state index contributed by atoms with van der Waals surface area (Å²) in [4.78, 5) is 28.4. The van der Waals surface area contributed by atoms with Gasteiger partial charge in [0.25, 0.3) is 0 Å². The van der Waals surface area contributed by atoms with Gasteiger partial charge >= 0.3 is 0 Å². The number of anilines is 2. The second-order valence-electron chi connectivity index (χ2n) is 10.9. The van der Waals surface area contributed by atoms with Crippen molar-refractivity contribution in [3.63, 3.8) is 0 Å². The molecular formula is C30H27Cl2F2N3O4. The predicted octanol–water partition coefficient (Wildman–Crippen LogP) is 5.54. The summed E-state index contributed by atoms with van der Waals surface area (Å²) in [5.74, 6) is -3.66. The molecular weight excluding hydrogens is 575 g/mol. The van der Waals surface area contributed by atoms with Crippen LogP contribution in [0.3, 0.4) is 0 Å². The molecule has 5 N–H and O–H groups in total. The fourth-order valence-corrected chi connectivity index (χ4v) is 7.61. The SMILES string of the molecule is O=C(Nc1ccc(C(O)O)c(F)c1)C1NC2(CCCCC2)C2(C(=O)Nc3cc(Cl)ccc32)C1c1cccc(Cl)c1F. The number of halogens is 4. The number of nitrogens with one attached hydrogen (secondary N) is 3. The molecule has 3 aromatic rings. The molecule has 1 saturated carbocycles. The molecule has 6 rings (SSSR count). The van der Waals surface area contributed by atoms with Crippen molar-refractivity contribution in [3.05, 3.63) is 93.0 Å². The topological polar surface area (TPSA) is 111 Å². The summed E-state index contributed by atoms with van der Waals surface area (Å²) in [6.07, 6.45) is 1.63. The molecule has 0 bridgehead atoms. The second-order valence-corrected chi connectivity index (χ2v) is 11.8. The van der Waals surface area contributed by atoms with Gasteiger partial charge < -0.3 is 20.8 Å². The van der Waals surface area contributed by atoms with Gasteiger partial charge in [-0.2, -0.15) is 0 Å². The van der Waals surface area contributed by atoms with Gasteiger partial charge in [-0.1, -0.05) is 60.7 Å². The lowest BCUT2D eigenvalue weighted by molar-refractivity contribution is -0.124. The van der Waals surface area contributed by atoms with Gasteiger partial charge in [-0.25, -0.2) is 8.78 Å². The van der Waals surface area contributed by atoms with Gasteiger partial charge in [0, 0.05) is 33.4 Å². The van der Waals surface area contributed by atoms with Gasteiger partial charge in [0.15, 0.2) is 6.29 Å². The zero-order valence-corrected chi connectivity index (χ0v) is 23.2. The Bertz CT molecular complexity index is 1560. The Hall–Kier alpha value is -3.08. The maximum atomic E-state index is 15.9. The Labute approximate surface area is 244 Å². The molecule has 1 aliphatic carbocycles. The van der Waals surface area contributed by atoms with Gasteiger partial charge in [-0.15, -0.1) is 0 Å². The average Bonchev–Trinajstić information content (AvgIpc) is 3.38. The number of rotatable bonds is 4. The molecule has 2 amide bonds. The minimum Gasteiger partial charge on any atom is -0.364 e. The van der Waals surface area contributed by atoms with Crippen LogP contribution in [0.5, 0.6) is 0 Å². The number of fused-ring (bicyclic) bond motifs is 3. The minimum atomic E-state index is -2.02. The van der Waals surface area contributed by atoms with E-state index in [1.807, 2.05) is 0 Å². The molecule has 41 heavy (non-hydrogen) atoms. The molecule has 11 heteroatoms. The van der Waals surface area contributed by atoms with E-state index in [9.17, 15) is 24.2 Å². The lowest BCUT2D eigenvalue weighted by Gasteiger charge is -2.47. The minimum absolute atomic E-state index is 0.0608. The molecule has 2 aliphatic heterocycles. The van der Waals surface area contributed by atoms with Crippen molar-refractivity contribution in [1.82, 2.24) is 5.32 Å². The van der Waals surface area contributed by atoms with Gasteiger partial charge in [-0.05, 0) is 60.4 Å². The average molecular weight is 602 g/mol. The highest BCUT2D eigenvalue weighted by atomic mass is 35.5. The lowest BCUT2D eigenvalue weighted by Crippen LogP contribution is -2.60. The summed E-state index contributed by atoms with van der Waals surface area (Å²) in [7, 11) is 0. The van der Waals surface area contributed by atoms with Gasteiger partial charge in [0.05, 0.1) is 11.1 Å². The van der Waals surface area contributed by atoms with Crippen LogP contribution in [0.4, 0.5) is 20.2 Å². The smallest absolute Gasteiger partial charge is 0.242 e. The zero-order valence-electron chi connectivity index (χ0n) is 21.7. The summed E-state index contributed by atoms with van der Waals surface area (Å²) in [5, 5.41) is 28.2. The van der Waals surface area contributed by atoms with Crippen LogP contribution >= 0.6 is 23.2 Å². The molecule has 3 aromatic carbocycles. The number of amides is 2. The third kappa shape index (κ3) is 4.25. The van der Waals surface area contributed by atoms with Crippen LogP contribution in [0.15, 0.2) is 54.6 Å². The molecule has 2 heterocycles. The van der Waals surface area contributed by atoms with E-state index in [1.54, 1.807) is 24.3 Å². The van der Waals surface area contributed by atoms with E-state index in [2.05, 4.69) is 16.0 Å². The van der Waals surface area contributed by atoms with Crippen LogP contribution in [0.25, 0.3) is 0 Å². The highest BCUT2D eigenvalue weighted by Crippen LogP contribution is 2.62. The van der Waals surface area contributed by atoms with E-state index >= 15 is 4.39 Å². The molecule has 1 saturated heterocycles. The first-order valence-corrected chi connectivity index (χ1v) is 14.1. The van der Waals surface area contributed by atoms with Crippen molar-refractivity contribution in [2.45, 2.75) is 61.3 Å². The first-order chi connectivity index (χ1) is 19.6. The third-order valence-electron chi connectivity index (χ3n) is 8.85. The van der Waals surface area contributed by atoms with Crippen LogP contribution in [-0.4, -0.2) is 33.6 Å². The van der Waals surface area contributed by atoms with Crippen LogP contribution in [0, 0.1) is 11.6 Å². The van der Waals surface area contributed by atoms with E-state index in [4.69, 9.17) is 23.2 Å². The number of aliphatic hydroxyl groups is 2. The van der Waals surface area contributed by atoms with Gasteiger partial charge in [-0.3, -0.25) is 14.9 Å². The Kier molecular flexibility index (Phi) is 7.07. The molecule has 3 unspecified atom stereocenters. The van der Waals surface area contributed by atoms with Crippen LogP contribution in [0.1, 0.15) is 61.0 Å². The molecule has 2 spiro atoms. The summed E-state index contributed by atoms with van der Waals surface area (Å²) in [6.45, 7) is 0. The Morgan fingerprint density at radius 2 is 1.78 bits per heavy atom. The number of hydrogen-bond acceptors (Lipinski definition) is 5. The number of hydrogen-bond donors (Lipinski definition) is 5. The van der Waals surface area contributed by atoms with Crippen molar-refractivity contribution in [3.8, 4) is 0 Å². The van der Waals surface area contributed by atoms with Crippen molar-refractivity contribution in [1.29, 1.82) is 0 Å². The van der Waals surface area contributed by atoms with E-state index in [0.29, 0.717) is 29.1 Å². The van der Waals surface area contributed by atoms with Crippen LogP contribution < -0.4 is 16.0 Å². The second kappa shape index (κ2) is 10.3. The number of carbonyl (C=O) groups is 2. The standard InChI is InChI=1S/C30H27Cl2F2N3O4/c31-15-7-10-19-22(13-15)36-28(41)30(19)23(18-5-4-6-20(32)24(18)34)25(37-29(30)11-2-1-3-12-29)26(38)35-16-8-9-17(27(39)40)21(33)14-16/h4-10,13-14,23,25,27,37,39-40H,1-3,11-12H2,(H,35,38)(H,36,41). The highest BCUT2D eigenvalue weighted by Gasteiger charge is 2.72. The summed E-state index contributed by atoms with van der Waals surface area (Å²) >= 11 is 12.5. The molecule has 2 fully saturated rings. The third-order valence-corrected chi connectivity index (χ3v) is 9.38. The normalized spacial score (nSPS) is 24.6. The highest BCUT2D eigenvalue weighted by molar-refractivity contribution is 6.31. The van der Waals surface area contributed by atoms with E-state index in [1.165, 1.54) is 18.2 Å². The molecule has 3 atom stereocenters. The molecule has 0 aromatic heterocycles. The number of benzene rings is 3. The van der Waals surface area contributed by atoms with Crippen molar-refractivity contribution in [2.75, 3.05) is 10.6 Å². The first kappa shape index (κ1) is 28.1. The van der Waals surface area contributed by atoms with E-state index < -0.39 is 46.7 Å². The van der Waals surface area contributed by atoms with Gasteiger partial charge in [0.2, 0.25) is 11.8 Å². The zero-order chi connectivity index (χ0) is 29.1. The number of aliphatic hydroxyl groups excluding tert-OH is 1. The molecule has 214 valence electrons. The van der Waals surface area contributed by atoms with Crippen molar-refractivity contribution in [2.24, 2.45) is 0 Å². The van der Waals surface area contributed by atoms with Crippen molar-refractivity contribution < 1.29 is 28.6 Å². The quantitative estimate of drug-likeness (QED) is 0.252. The van der Waals surface area contributed by atoms with Crippen LogP contribution in [0.2, 0.25) is 10.0 Å². The van der Waals surface area contributed by atoms with E-state index in [-0.39, 0.29) is 27.7 Å². The summed E-state index contributed by atoms with van der Waals surface area (Å²) < 4.78 is 30.4. The Morgan fingerprint density at radius 1 is 1.02 bits per heavy atom. The first-order valence-electron chi connectivity index (χ1n) is 13.4. The molecule has 0 radical (unpaired) electrons. The lowest BCUT2D eigenvalue weighted by atomic mass is 9.55. The van der Waals surface area contributed by atoms with Gasteiger partial charge in [0.1, 0.15) is 17.0 Å². The molecule has 7 nitrogen and oxygen atoms in total. The maximum absolute atomic E-state index is 15.9. The largest absolute Gasteiger partial charge is 0.364 e. The summed E-state index contributed by atoms with van der Waals surface area (Å²) in [6, 6.07) is 12.0. The fraction of sp³-hybridized carbons (Fsp3) is 0.333. The maximum Gasteiger partial charge on any atom is 0.242 e. The Morgan fingerprint density at radius 3 is 2.49 bits per heavy atom. The number of carbonyl (C=O) groups excluding carboxylic acids is 2. The van der Waals surface area contributed by atoms with Crippen LogP contribution in [-0.2, 0) is 15.0 Å². The van der Waals surface area contributed by atoms with Crippen molar-refractivity contribution >= 4 is 46.4 Å². The van der Waals surface area contributed by atoms with E-state index in [0.717, 1.165) is 31.4 Å². The monoisotopic (exact) mass is 601 g/mol. The molecule has 3 aliphatic rings. The fourth-order valence-electron chi connectivity index (χ4n) is 7.25.